The van der Waals surface area contributed by atoms with Gasteiger partial charge in [-0.1, -0.05) is 19.9 Å². The normalized spacial score (nSPS) is 25.8. The number of ether oxygens (including phenoxy) is 1. The molecule has 1 rings (SSSR count). The van der Waals surface area contributed by atoms with Gasteiger partial charge in [-0.3, -0.25) is 0 Å². The summed E-state index contributed by atoms with van der Waals surface area (Å²) in [5.41, 5.74) is 1.70. The van der Waals surface area contributed by atoms with Crippen LogP contribution in [0.3, 0.4) is 0 Å². The summed E-state index contributed by atoms with van der Waals surface area (Å²) in [6.45, 7) is 10.3. The smallest absolute Gasteiger partial charge is 0.0811 e. The number of aliphatic hydroxyl groups excluding tert-OH is 1. The molecule has 94 valence electrons. The predicted octanol–water partition coefficient (Wildman–Crippen LogP) is 3.30. The Morgan fingerprint density at radius 1 is 1.31 bits per heavy atom. The van der Waals surface area contributed by atoms with Crippen LogP contribution in [0, 0.1) is 5.41 Å². The van der Waals surface area contributed by atoms with Crippen molar-refractivity contribution in [1.82, 2.24) is 0 Å². The zero-order chi connectivity index (χ0) is 12.3. The molecule has 0 amide bonds. The second-order valence-electron chi connectivity index (χ2n) is 5.79. The maximum atomic E-state index is 9.43. The van der Waals surface area contributed by atoms with Crippen molar-refractivity contribution in [3.05, 3.63) is 11.6 Å². The van der Waals surface area contributed by atoms with Gasteiger partial charge in [0.2, 0.25) is 0 Å². The predicted molar refractivity (Wildman–Crippen MR) is 67.4 cm³/mol. The maximum absolute atomic E-state index is 9.43. The van der Waals surface area contributed by atoms with E-state index in [1.165, 1.54) is 18.4 Å². The van der Waals surface area contributed by atoms with Gasteiger partial charge in [-0.05, 0) is 51.0 Å². The summed E-state index contributed by atoms with van der Waals surface area (Å²) in [7, 11) is 0. The van der Waals surface area contributed by atoms with Crippen molar-refractivity contribution in [3.8, 4) is 0 Å². The van der Waals surface area contributed by atoms with Crippen molar-refractivity contribution in [3.63, 3.8) is 0 Å². The first-order valence-electron chi connectivity index (χ1n) is 6.37. The summed E-state index contributed by atoms with van der Waals surface area (Å²) in [6, 6.07) is 0. The summed E-state index contributed by atoms with van der Waals surface area (Å²) in [5, 5.41) is 9.43. The van der Waals surface area contributed by atoms with Crippen LogP contribution in [-0.2, 0) is 4.74 Å². The molecule has 3 atom stereocenters. The molecule has 2 nitrogen and oxygen atoms in total. The van der Waals surface area contributed by atoms with Gasteiger partial charge in [0.25, 0.3) is 0 Å². The number of allylic oxidation sites excluding steroid dienone is 1. The molecular formula is C14H26O2. The highest BCUT2D eigenvalue weighted by Gasteiger charge is 2.24. The third-order valence-corrected chi connectivity index (χ3v) is 3.48. The van der Waals surface area contributed by atoms with Gasteiger partial charge in [0.15, 0.2) is 0 Å². The fourth-order valence-electron chi connectivity index (χ4n) is 2.24. The highest BCUT2D eigenvalue weighted by atomic mass is 16.5. The molecular weight excluding hydrogens is 200 g/mol. The monoisotopic (exact) mass is 226 g/mol. The fraction of sp³-hybridized carbons (Fsp3) is 0.857. The van der Waals surface area contributed by atoms with E-state index in [2.05, 4.69) is 26.8 Å². The van der Waals surface area contributed by atoms with E-state index in [4.69, 9.17) is 4.74 Å². The van der Waals surface area contributed by atoms with E-state index < -0.39 is 6.10 Å². The third kappa shape index (κ3) is 3.91. The molecule has 1 N–H and O–H groups in total. The quantitative estimate of drug-likeness (QED) is 0.745. The van der Waals surface area contributed by atoms with Gasteiger partial charge < -0.3 is 9.84 Å². The zero-order valence-electron chi connectivity index (χ0n) is 11.3. The summed E-state index contributed by atoms with van der Waals surface area (Å²) in [4.78, 5) is 0. The van der Waals surface area contributed by atoms with Gasteiger partial charge >= 0.3 is 0 Å². The van der Waals surface area contributed by atoms with Crippen LogP contribution < -0.4 is 0 Å². The summed E-state index contributed by atoms with van der Waals surface area (Å²) in [5.74, 6) is 0. The van der Waals surface area contributed by atoms with Crippen LogP contribution in [0.15, 0.2) is 11.6 Å². The molecule has 0 aromatic carbocycles. The minimum atomic E-state index is -0.403. The summed E-state index contributed by atoms with van der Waals surface area (Å²) in [6.07, 6.45) is 5.63. The van der Waals surface area contributed by atoms with Gasteiger partial charge in [-0.2, -0.15) is 0 Å². The second kappa shape index (κ2) is 5.33. The van der Waals surface area contributed by atoms with Crippen molar-refractivity contribution >= 4 is 0 Å². The molecule has 0 bridgehead atoms. The lowest BCUT2D eigenvalue weighted by Gasteiger charge is -2.31. The number of rotatable bonds is 4. The average Bonchev–Trinajstić information content (AvgIpc) is 2.15. The van der Waals surface area contributed by atoms with E-state index in [-0.39, 0.29) is 12.2 Å². The van der Waals surface area contributed by atoms with E-state index in [9.17, 15) is 5.11 Å². The Morgan fingerprint density at radius 2 is 1.94 bits per heavy atom. The molecule has 0 aromatic rings. The molecule has 0 radical (unpaired) electrons. The molecule has 1 aliphatic rings. The molecule has 3 unspecified atom stereocenters. The lowest BCUT2D eigenvalue weighted by molar-refractivity contribution is -0.0434. The van der Waals surface area contributed by atoms with Crippen LogP contribution >= 0.6 is 0 Å². The largest absolute Gasteiger partial charge is 0.391 e. The molecule has 0 aromatic heterocycles. The standard InChI is InChI=1S/C14H26O2/c1-10(15)11(2)16-12(3)13-7-6-8-14(4,5)9-13/h9-12,15H,6-8H2,1-5H3. The Hall–Kier alpha value is -0.340. The molecule has 1 aliphatic carbocycles. The first-order valence-corrected chi connectivity index (χ1v) is 6.37. The molecule has 0 aliphatic heterocycles. The van der Waals surface area contributed by atoms with Crippen molar-refractivity contribution in [2.45, 2.75) is 72.2 Å². The number of hydrogen-bond acceptors (Lipinski definition) is 2. The fourth-order valence-corrected chi connectivity index (χ4v) is 2.24. The Labute approximate surface area is 99.7 Å². The highest BCUT2D eigenvalue weighted by Crippen LogP contribution is 2.35. The van der Waals surface area contributed by atoms with Crippen LogP contribution in [0.5, 0.6) is 0 Å². The maximum Gasteiger partial charge on any atom is 0.0811 e. The van der Waals surface area contributed by atoms with Crippen LogP contribution in [0.4, 0.5) is 0 Å². The molecule has 0 saturated carbocycles. The first kappa shape index (κ1) is 13.7. The summed E-state index contributed by atoms with van der Waals surface area (Å²) < 4.78 is 5.83. The van der Waals surface area contributed by atoms with Crippen molar-refractivity contribution in [2.24, 2.45) is 5.41 Å². The van der Waals surface area contributed by atoms with Gasteiger partial charge in [0, 0.05) is 0 Å². The Bertz CT molecular complexity index is 253. The van der Waals surface area contributed by atoms with Crippen LogP contribution in [0.1, 0.15) is 53.9 Å². The van der Waals surface area contributed by atoms with E-state index >= 15 is 0 Å². The van der Waals surface area contributed by atoms with Crippen LogP contribution in [0.2, 0.25) is 0 Å². The van der Waals surface area contributed by atoms with Crippen molar-refractivity contribution in [1.29, 1.82) is 0 Å². The van der Waals surface area contributed by atoms with E-state index in [1.54, 1.807) is 6.92 Å². The molecule has 0 saturated heterocycles. The average molecular weight is 226 g/mol. The lowest BCUT2D eigenvalue weighted by Crippen LogP contribution is -2.29. The van der Waals surface area contributed by atoms with Crippen LogP contribution in [-0.4, -0.2) is 23.4 Å². The van der Waals surface area contributed by atoms with Gasteiger partial charge in [0.1, 0.15) is 0 Å². The highest BCUT2D eigenvalue weighted by molar-refractivity contribution is 5.15. The van der Waals surface area contributed by atoms with Crippen molar-refractivity contribution in [2.75, 3.05) is 0 Å². The van der Waals surface area contributed by atoms with Gasteiger partial charge in [-0.25, -0.2) is 0 Å². The third-order valence-electron chi connectivity index (χ3n) is 3.48. The molecule has 2 heteroatoms. The topological polar surface area (TPSA) is 29.5 Å². The zero-order valence-corrected chi connectivity index (χ0v) is 11.3. The second-order valence-corrected chi connectivity index (χ2v) is 5.79. The number of hydrogen-bond donors (Lipinski definition) is 1. The van der Waals surface area contributed by atoms with Gasteiger partial charge in [-0.15, -0.1) is 0 Å². The molecule has 0 heterocycles. The van der Waals surface area contributed by atoms with E-state index in [1.807, 2.05) is 6.92 Å². The van der Waals surface area contributed by atoms with Crippen molar-refractivity contribution < 1.29 is 9.84 Å². The molecule has 0 spiro atoms. The Balaban J connectivity index is 2.60. The van der Waals surface area contributed by atoms with E-state index in [0.29, 0.717) is 5.41 Å². The SMILES string of the molecule is CC(OC(C)C(C)O)C1=CC(C)(C)CCC1. The minimum Gasteiger partial charge on any atom is -0.391 e. The van der Waals surface area contributed by atoms with Gasteiger partial charge in [0.05, 0.1) is 18.3 Å². The minimum absolute atomic E-state index is 0.0964. The summed E-state index contributed by atoms with van der Waals surface area (Å²) >= 11 is 0. The Morgan fingerprint density at radius 3 is 2.44 bits per heavy atom. The number of aliphatic hydroxyl groups is 1. The molecule has 16 heavy (non-hydrogen) atoms. The van der Waals surface area contributed by atoms with E-state index in [0.717, 1.165) is 6.42 Å². The van der Waals surface area contributed by atoms with Crippen LogP contribution in [0.25, 0.3) is 0 Å². The molecule has 0 fully saturated rings. The lowest BCUT2D eigenvalue weighted by atomic mass is 9.78. The Kier molecular flexibility index (Phi) is 4.57. The first-order chi connectivity index (χ1) is 7.32.